The van der Waals surface area contributed by atoms with Gasteiger partial charge in [0.05, 0.1) is 0 Å². The first-order valence-corrected chi connectivity index (χ1v) is 4.31. The molecule has 1 unspecified atom stereocenters. The van der Waals surface area contributed by atoms with E-state index in [-0.39, 0.29) is 12.5 Å². The maximum absolute atomic E-state index is 11.4. The number of carbonyl (C=O) groups is 2. The van der Waals surface area contributed by atoms with E-state index in [4.69, 9.17) is 14.6 Å². The summed E-state index contributed by atoms with van der Waals surface area (Å²) < 4.78 is 9.87. The largest absolute Gasteiger partial charge is 0.480 e. The second-order valence-electron chi connectivity index (χ2n) is 2.98. The SMILES string of the molecule is COCC1=NN(CC(=O)O)C(=O)C(C)O1. The molecule has 7 nitrogen and oxygen atoms in total. The van der Waals surface area contributed by atoms with Gasteiger partial charge in [-0.25, -0.2) is 5.01 Å². The second kappa shape index (κ2) is 4.74. The van der Waals surface area contributed by atoms with Gasteiger partial charge in [-0.1, -0.05) is 0 Å². The average Bonchev–Trinajstić information content (AvgIpc) is 2.13. The number of carboxylic acids is 1. The Balaban J connectivity index is 2.77. The first-order chi connectivity index (χ1) is 7.04. The van der Waals surface area contributed by atoms with E-state index in [0.29, 0.717) is 0 Å². The van der Waals surface area contributed by atoms with Gasteiger partial charge in [0.2, 0.25) is 5.90 Å². The molecule has 0 radical (unpaired) electrons. The van der Waals surface area contributed by atoms with E-state index in [2.05, 4.69) is 5.10 Å². The van der Waals surface area contributed by atoms with Gasteiger partial charge >= 0.3 is 5.97 Å². The molecule has 0 aromatic carbocycles. The van der Waals surface area contributed by atoms with E-state index >= 15 is 0 Å². The molecule has 0 saturated heterocycles. The maximum Gasteiger partial charge on any atom is 0.325 e. The van der Waals surface area contributed by atoms with Crippen LogP contribution in [0.15, 0.2) is 5.10 Å². The quantitative estimate of drug-likeness (QED) is 0.669. The minimum absolute atomic E-state index is 0.105. The number of methoxy groups -OCH3 is 1. The number of aliphatic carboxylic acids is 1. The van der Waals surface area contributed by atoms with Crippen LogP contribution in [0.2, 0.25) is 0 Å². The third-order valence-corrected chi connectivity index (χ3v) is 1.70. The van der Waals surface area contributed by atoms with Gasteiger partial charge < -0.3 is 14.6 Å². The van der Waals surface area contributed by atoms with E-state index in [0.717, 1.165) is 5.01 Å². The summed E-state index contributed by atoms with van der Waals surface area (Å²) in [5.41, 5.74) is 0. The molecule has 0 bridgehead atoms. The van der Waals surface area contributed by atoms with Crippen LogP contribution in [0.25, 0.3) is 0 Å². The fraction of sp³-hybridized carbons (Fsp3) is 0.625. The molecule has 0 aromatic rings. The van der Waals surface area contributed by atoms with E-state index in [9.17, 15) is 9.59 Å². The van der Waals surface area contributed by atoms with Crippen LogP contribution >= 0.6 is 0 Å². The number of hydrazone groups is 1. The van der Waals surface area contributed by atoms with E-state index in [1.165, 1.54) is 14.0 Å². The summed E-state index contributed by atoms with van der Waals surface area (Å²) in [4.78, 5) is 21.8. The first-order valence-electron chi connectivity index (χ1n) is 4.31. The summed E-state index contributed by atoms with van der Waals surface area (Å²) in [7, 11) is 1.45. The zero-order valence-corrected chi connectivity index (χ0v) is 8.47. The lowest BCUT2D eigenvalue weighted by molar-refractivity contribution is -0.149. The maximum atomic E-state index is 11.4. The molecular formula is C8H12N2O5. The van der Waals surface area contributed by atoms with Crippen molar-refractivity contribution in [2.75, 3.05) is 20.3 Å². The molecule has 1 heterocycles. The van der Waals surface area contributed by atoms with Gasteiger partial charge in [0.15, 0.2) is 6.10 Å². The number of hydrogen-bond acceptors (Lipinski definition) is 5. The first kappa shape index (κ1) is 11.4. The number of amides is 1. The molecular weight excluding hydrogens is 204 g/mol. The summed E-state index contributed by atoms with van der Waals surface area (Å²) in [6.07, 6.45) is -0.730. The molecule has 0 aliphatic carbocycles. The van der Waals surface area contributed by atoms with Crippen LogP contribution in [0.3, 0.4) is 0 Å². The standard InChI is InChI=1S/C8H12N2O5/c1-5-8(13)10(3-7(11)12)9-6(15-5)4-14-2/h5H,3-4H2,1-2H3,(H,11,12). The minimum atomic E-state index is -1.13. The zero-order valence-electron chi connectivity index (χ0n) is 8.47. The lowest BCUT2D eigenvalue weighted by Gasteiger charge is -2.26. The Bertz CT molecular complexity index is 301. The molecule has 84 valence electrons. The summed E-state index contributed by atoms with van der Waals surface area (Å²) in [5, 5.41) is 13.1. The average molecular weight is 216 g/mol. The van der Waals surface area contributed by atoms with Gasteiger partial charge in [-0.2, -0.15) is 0 Å². The van der Waals surface area contributed by atoms with Crippen LogP contribution in [0.1, 0.15) is 6.92 Å². The lowest BCUT2D eigenvalue weighted by atomic mass is 10.3. The lowest BCUT2D eigenvalue weighted by Crippen LogP contribution is -2.45. The third-order valence-electron chi connectivity index (χ3n) is 1.70. The highest BCUT2D eigenvalue weighted by Crippen LogP contribution is 2.08. The number of ether oxygens (including phenoxy) is 2. The van der Waals surface area contributed by atoms with Gasteiger partial charge in [0.25, 0.3) is 5.91 Å². The highest BCUT2D eigenvalue weighted by molar-refractivity contribution is 5.91. The third kappa shape index (κ3) is 2.91. The van der Waals surface area contributed by atoms with E-state index in [1.807, 2.05) is 0 Å². The molecule has 1 amide bonds. The molecule has 0 aromatic heterocycles. The van der Waals surface area contributed by atoms with E-state index in [1.54, 1.807) is 0 Å². The Labute approximate surface area is 86.3 Å². The summed E-state index contributed by atoms with van der Waals surface area (Å²) in [5.74, 6) is -1.40. The van der Waals surface area contributed by atoms with Gasteiger partial charge in [-0.3, -0.25) is 9.59 Å². The Kier molecular flexibility index (Phi) is 3.62. The number of nitrogens with zero attached hydrogens (tertiary/aromatic N) is 2. The molecule has 1 aliphatic rings. The zero-order chi connectivity index (χ0) is 11.4. The molecule has 7 heteroatoms. The molecule has 1 N–H and O–H groups in total. The molecule has 15 heavy (non-hydrogen) atoms. The molecule has 1 rings (SSSR count). The summed E-state index contributed by atoms with van der Waals surface area (Å²) in [6, 6.07) is 0. The van der Waals surface area contributed by atoms with Crippen LogP contribution in [0.5, 0.6) is 0 Å². The van der Waals surface area contributed by atoms with E-state index < -0.39 is 24.5 Å². The minimum Gasteiger partial charge on any atom is -0.480 e. The topological polar surface area (TPSA) is 88.4 Å². The van der Waals surface area contributed by atoms with Crippen molar-refractivity contribution in [3.63, 3.8) is 0 Å². The van der Waals surface area contributed by atoms with Crippen molar-refractivity contribution in [3.8, 4) is 0 Å². The predicted octanol–water partition coefficient (Wildman–Crippen LogP) is -0.722. The van der Waals surface area contributed by atoms with Gasteiger partial charge in [-0.05, 0) is 6.92 Å². The number of carboxylic acid groups (broad SMARTS) is 1. The number of hydrogen-bond donors (Lipinski definition) is 1. The van der Waals surface area contributed by atoms with Crippen molar-refractivity contribution in [1.82, 2.24) is 5.01 Å². The van der Waals surface area contributed by atoms with Crippen molar-refractivity contribution in [2.24, 2.45) is 5.10 Å². The molecule has 1 aliphatic heterocycles. The van der Waals surface area contributed by atoms with Gasteiger partial charge in [-0.15, -0.1) is 5.10 Å². The Hall–Kier alpha value is -1.63. The molecule has 0 saturated carbocycles. The fourth-order valence-corrected chi connectivity index (χ4v) is 1.10. The normalized spacial score (nSPS) is 20.9. The van der Waals surface area contributed by atoms with Crippen LogP contribution in [0, 0.1) is 0 Å². The van der Waals surface area contributed by atoms with Crippen LogP contribution in [0.4, 0.5) is 0 Å². The number of rotatable bonds is 4. The highest BCUT2D eigenvalue weighted by Gasteiger charge is 2.29. The summed E-state index contributed by atoms with van der Waals surface area (Å²) >= 11 is 0. The predicted molar refractivity (Wildman–Crippen MR) is 49.2 cm³/mol. The van der Waals surface area contributed by atoms with Gasteiger partial charge in [0.1, 0.15) is 13.2 Å². The fourth-order valence-electron chi connectivity index (χ4n) is 1.10. The van der Waals surface area contributed by atoms with Crippen molar-refractivity contribution >= 4 is 17.8 Å². The highest BCUT2D eigenvalue weighted by atomic mass is 16.5. The van der Waals surface area contributed by atoms with Crippen molar-refractivity contribution < 1.29 is 24.2 Å². The monoisotopic (exact) mass is 216 g/mol. The number of carbonyl (C=O) groups excluding carboxylic acids is 1. The molecule has 1 atom stereocenters. The molecule has 0 spiro atoms. The molecule has 0 fully saturated rings. The van der Waals surface area contributed by atoms with Crippen molar-refractivity contribution in [1.29, 1.82) is 0 Å². The van der Waals surface area contributed by atoms with Crippen molar-refractivity contribution in [2.45, 2.75) is 13.0 Å². The van der Waals surface area contributed by atoms with Crippen LogP contribution < -0.4 is 0 Å². The second-order valence-corrected chi connectivity index (χ2v) is 2.98. The van der Waals surface area contributed by atoms with Crippen molar-refractivity contribution in [3.05, 3.63) is 0 Å². The Morgan fingerprint density at radius 2 is 2.40 bits per heavy atom. The van der Waals surface area contributed by atoms with Crippen LogP contribution in [-0.2, 0) is 19.1 Å². The van der Waals surface area contributed by atoms with Crippen LogP contribution in [-0.4, -0.2) is 54.3 Å². The Morgan fingerprint density at radius 1 is 1.73 bits per heavy atom. The smallest absolute Gasteiger partial charge is 0.325 e. The Morgan fingerprint density at radius 3 is 2.93 bits per heavy atom. The summed E-state index contributed by atoms with van der Waals surface area (Å²) in [6.45, 7) is 1.16. The van der Waals surface area contributed by atoms with Gasteiger partial charge in [0, 0.05) is 7.11 Å².